The van der Waals surface area contributed by atoms with Crippen LogP contribution in [0.3, 0.4) is 0 Å². The van der Waals surface area contributed by atoms with Crippen LogP contribution in [0.4, 0.5) is 0 Å². The molecule has 0 bridgehead atoms. The van der Waals surface area contributed by atoms with Gasteiger partial charge >= 0.3 is 0 Å². The first kappa shape index (κ1) is 12.1. The predicted molar refractivity (Wildman–Crippen MR) is 63.1 cm³/mol. The van der Waals surface area contributed by atoms with E-state index in [9.17, 15) is 4.79 Å². The fraction of sp³-hybridized carbons (Fsp3) is 0.417. The summed E-state index contributed by atoms with van der Waals surface area (Å²) >= 11 is 5.97. The quantitative estimate of drug-likeness (QED) is 0.605. The minimum Gasteiger partial charge on any atom is -0.336 e. The van der Waals surface area contributed by atoms with Crippen LogP contribution < -0.4 is 5.32 Å². The molecule has 0 heterocycles. The Morgan fingerprint density at radius 3 is 2.67 bits per heavy atom. The molecule has 0 radical (unpaired) electrons. The molecular weight excluding hydrogens is 210 g/mol. The standard InChI is InChI=1S/C12H16ClNO/c1-2-3-9-11(13)14-12(15)10-7-5-4-6-8-10/h4-8,11H,2-3,9H2,1H3,(H,14,15). The van der Waals surface area contributed by atoms with Gasteiger partial charge in [-0.3, -0.25) is 4.79 Å². The minimum absolute atomic E-state index is 0.105. The second kappa shape index (κ2) is 6.46. The van der Waals surface area contributed by atoms with E-state index < -0.39 is 0 Å². The molecule has 0 aromatic heterocycles. The monoisotopic (exact) mass is 225 g/mol. The van der Waals surface area contributed by atoms with Gasteiger partial charge in [0.25, 0.3) is 5.91 Å². The van der Waals surface area contributed by atoms with Crippen molar-refractivity contribution in [2.75, 3.05) is 0 Å². The molecule has 0 spiro atoms. The summed E-state index contributed by atoms with van der Waals surface area (Å²) in [6, 6.07) is 9.11. The number of amides is 1. The molecule has 0 aliphatic carbocycles. The summed E-state index contributed by atoms with van der Waals surface area (Å²) < 4.78 is 0. The Morgan fingerprint density at radius 1 is 1.40 bits per heavy atom. The number of carbonyl (C=O) groups excluding carboxylic acids is 1. The van der Waals surface area contributed by atoms with E-state index in [-0.39, 0.29) is 11.4 Å². The molecule has 3 heteroatoms. The summed E-state index contributed by atoms with van der Waals surface area (Å²) in [4.78, 5) is 11.6. The van der Waals surface area contributed by atoms with Crippen molar-refractivity contribution in [2.24, 2.45) is 0 Å². The highest BCUT2D eigenvalue weighted by atomic mass is 35.5. The molecule has 1 N–H and O–H groups in total. The molecule has 1 atom stereocenters. The zero-order valence-corrected chi connectivity index (χ0v) is 9.63. The Balaban J connectivity index is 2.42. The number of benzene rings is 1. The molecule has 1 amide bonds. The molecule has 0 saturated heterocycles. The van der Waals surface area contributed by atoms with Crippen LogP contribution in [0, 0.1) is 0 Å². The van der Waals surface area contributed by atoms with Gasteiger partial charge in [0.1, 0.15) is 5.50 Å². The van der Waals surface area contributed by atoms with Crippen molar-refractivity contribution < 1.29 is 4.79 Å². The second-order valence-electron chi connectivity index (χ2n) is 3.45. The third-order valence-corrected chi connectivity index (χ3v) is 2.46. The first-order valence-corrected chi connectivity index (χ1v) is 5.67. The summed E-state index contributed by atoms with van der Waals surface area (Å²) in [5, 5.41) is 2.76. The van der Waals surface area contributed by atoms with Crippen LogP contribution in [0.1, 0.15) is 36.5 Å². The first-order valence-electron chi connectivity index (χ1n) is 5.24. The predicted octanol–water partition coefficient (Wildman–Crippen LogP) is 3.17. The minimum atomic E-state index is -0.266. The van der Waals surface area contributed by atoms with Crippen LogP contribution in [-0.4, -0.2) is 11.4 Å². The van der Waals surface area contributed by atoms with Gasteiger partial charge in [-0.05, 0) is 18.6 Å². The van der Waals surface area contributed by atoms with E-state index in [2.05, 4.69) is 12.2 Å². The van der Waals surface area contributed by atoms with Gasteiger partial charge in [-0.15, -0.1) is 0 Å². The molecule has 0 saturated carbocycles. The maximum atomic E-state index is 11.6. The molecule has 82 valence electrons. The van der Waals surface area contributed by atoms with Crippen molar-refractivity contribution in [3.63, 3.8) is 0 Å². The summed E-state index contributed by atoms with van der Waals surface area (Å²) in [6.07, 6.45) is 2.93. The first-order chi connectivity index (χ1) is 7.24. The van der Waals surface area contributed by atoms with Crippen LogP contribution in [0.25, 0.3) is 0 Å². The molecule has 1 aromatic rings. The van der Waals surface area contributed by atoms with Crippen LogP contribution in [0.5, 0.6) is 0 Å². The van der Waals surface area contributed by atoms with Crippen LogP contribution >= 0.6 is 11.6 Å². The van der Waals surface area contributed by atoms with Gasteiger partial charge in [-0.2, -0.15) is 0 Å². The zero-order chi connectivity index (χ0) is 11.1. The molecule has 2 nitrogen and oxygen atoms in total. The summed E-state index contributed by atoms with van der Waals surface area (Å²) in [7, 11) is 0. The van der Waals surface area contributed by atoms with E-state index in [1.165, 1.54) is 0 Å². The molecule has 1 rings (SSSR count). The van der Waals surface area contributed by atoms with E-state index >= 15 is 0 Å². The van der Waals surface area contributed by atoms with Crippen molar-refractivity contribution in [3.8, 4) is 0 Å². The van der Waals surface area contributed by atoms with Gasteiger partial charge in [-0.25, -0.2) is 0 Å². The number of unbranched alkanes of at least 4 members (excludes halogenated alkanes) is 1. The number of hydrogen-bond donors (Lipinski definition) is 1. The van der Waals surface area contributed by atoms with E-state index in [4.69, 9.17) is 11.6 Å². The maximum absolute atomic E-state index is 11.6. The topological polar surface area (TPSA) is 29.1 Å². The summed E-state index contributed by atoms with van der Waals surface area (Å²) in [5.74, 6) is -0.105. The Hall–Kier alpha value is -1.02. The normalized spacial score (nSPS) is 12.1. The number of rotatable bonds is 5. The summed E-state index contributed by atoms with van der Waals surface area (Å²) in [5.41, 5.74) is 0.386. The summed E-state index contributed by atoms with van der Waals surface area (Å²) in [6.45, 7) is 2.10. The average Bonchev–Trinajstić information content (AvgIpc) is 2.27. The number of halogens is 1. The van der Waals surface area contributed by atoms with Gasteiger partial charge < -0.3 is 5.32 Å². The SMILES string of the molecule is CCCCC(Cl)NC(=O)c1ccccc1. The highest BCUT2D eigenvalue weighted by Crippen LogP contribution is 2.06. The lowest BCUT2D eigenvalue weighted by atomic mass is 10.2. The van der Waals surface area contributed by atoms with Gasteiger partial charge in [0.2, 0.25) is 0 Å². The van der Waals surface area contributed by atoms with E-state index in [0.29, 0.717) is 5.56 Å². The Morgan fingerprint density at radius 2 is 2.07 bits per heavy atom. The smallest absolute Gasteiger partial charge is 0.252 e. The molecule has 0 aliphatic heterocycles. The van der Waals surface area contributed by atoms with Crippen molar-refractivity contribution in [3.05, 3.63) is 35.9 Å². The molecule has 1 unspecified atom stereocenters. The lowest BCUT2D eigenvalue weighted by Crippen LogP contribution is -2.30. The Kier molecular flexibility index (Phi) is 5.19. The van der Waals surface area contributed by atoms with Crippen molar-refractivity contribution in [1.82, 2.24) is 5.32 Å². The van der Waals surface area contributed by atoms with E-state index in [1.54, 1.807) is 12.1 Å². The van der Waals surface area contributed by atoms with Gasteiger partial charge in [0, 0.05) is 5.56 Å². The zero-order valence-electron chi connectivity index (χ0n) is 8.87. The lowest BCUT2D eigenvalue weighted by molar-refractivity contribution is 0.0947. The van der Waals surface area contributed by atoms with Crippen molar-refractivity contribution in [2.45, 2.75) is 31.7 Å². The Labute approximate surface area is 95.6 Å². The van der Waals surface area contributed by atoms with E-state index in [0.717, 1.165) is 19.3 Å². The molecule has 1 aromatic carbocycles. The third-order valence-electron chi connectivity index (χ3n) is 2.13. The number of alkyl halides is 1. The van der Waals surface area contributed by atoms with Gasteiger partial charge in [0.15, 0.2) is 0 Å². The van der Waals surface area contributed by atoms with Crippen molar-refractivity contribution >= 4 is 17.5 Å². The van der Waals surface area contributed by atoms with Gasteiger partial charge in [-0.1, -0.05) is 49.6 Å². The third kappa shape index (κ3) is 4.34. The average molecular weight is 226 g/mol. The molecule has 15 heavy (non-hydrogen) atoms. The lowest BCUT2D eigenvalue weighted by Gasteiger charge is -2.11. The van der Waals surface area contributed by atoms with Crippen molar-refractivity contribution in [1.29, 1.82) is 0 Å². The largest absolute Gasteiger partial charge is 0.336 e. The maximum Gasteiger partial charge on any atom is 0.252 e. The molecule has 0 fully saturated rings. The fourth-order valence-electron chi connectivity index (χ4n) is 1.27. The highest BCUT2D eigenvalue weighted by Gasteiger charge is 2.09. The number of hydrogen-bond acceptors (Lipinski definition) is 1. The highest BCUT2D eigenvalue weighted by molar-refractivity contribution is 6.21. The number of carbonyl (C=O) groups is 1. The van der Waals surface area contributed by atoms with Crippen LogP contribution in [0.2, 0.25) is 0 Å². The van der Waals surface area contributed by atoms with Gasteiger partial charge in [0.05, 0.1) is 0 Å². The van der Waals surface area contributed by atoms with E-state index in [1.807, 2.05) is 18.2 Å². The van der Waals surface area contributed by atoms with Crippen LogP contribution in [-0.2, 0) is 0 Å². The second-order valence-corrected chi connectivity index (χ2v) is 3.98. The molecular formula is C12H16ClNO. The van der Waals surface area contributed by atoms with Crippen LogP contribution in [0.15, 0.2) is 30.3 Å². The number of nitrogens with one attached hydrogen (secondary N) is 1. The molecule has 0 aliphatic rings. The fourth-order valence-corrected chi connectivity index (χ4v) is 1.52. The Bertz CT molecular complexity index is 300.